The van der Waals surface area contributed by atoms with Crippen LogP contribution in [0.4, 0.5) is 5.69 Å². The fourth-order valence-electron chi connectivity index (χ4n) is 1.63. The zero-order valence-electron chi connectivity index (χ0n) is 11.2. The van der Waals surface area contributed by atoms with Gasteiger partial charge in [-0.25, -0.2) is 0 Å². The van der Waals surface area contributed by atoms with E-state index in [1.54, 1.807) is 0 Å². The molecule has 0 saturated heterocycles. The van der Waals surface area contributed by atoms with Gasteiger partial charge in [0.25, 0.3) is 5.69 Å². The van der Waals surface area contributed by atoms with Crippen LogP contribution in [-0.4, -0.2) is 28.9 Å². The van der Waals surface area contributed by atoms with Crippen LogP contribution in [0.3, 0.4) is 0 Å². The number of benzene rings is 1. The van der Waals surface area contributed by atoms with Crippen molar-refractivity contribution in [2.45, 2.75) is 25.7 Å². The van der Waals surface area contributed by atoms with Crippen LogP contribution in [0.5, 0.6) is 5.75 Å². The van der Waals surface area contributed by atoms with Gasteiger partial charge in [-0.3, -0.25) is 19.7 Å². The van der Waals surface area contributed by atoms with Gasteiger partial charge in [0.05, 0.1) is 17.1 Å². The second-order valence-electron chi connectivity index (χ2n) is 4.15. The maximum Gasteiger partial charge on any atom is 0.303 e. The molecule has 1 N–H and O–H groups in total. The van der Waals surface area contributed by atoms with Crippen molar-refractivity contribution in [2.24, 2.45) is 0 Å². The molecule has 1 aromatic carbocycles. The molecule has 0 radical (unpaired) electrons. The molecule has 0 aromatic heterocycles. The molecule has 0 aliphatic carbocycles. The van der Waals surface area contributed by atoms with E-state index in [9.17, 15) is 19.7 Å². The van der Waals surface area contributed by atoms with Crippen molar-refractivity contribution in [3.8, 4) is 5.75 Å². The normalized spacial score (nSPS) is 9.52. The lowest BCUT2D eigenvalue weighted by molar-refractivity contribution is -0.385. The third-order valence-corrected chi connectivity index (χ3v) is 2.63. The molecule has 7 nitrogen and oxygen atoms in total. The predicted octanol–water partition coefficient (Wildman–Crippen LogP) is 2.85. The molecule has 0 fully saturated rings. The number of carboxylic acids is 1. The number of rotatable bonds is 9. The minimum Gasteiger partial charge on any atom is -0.494 e. The monoisotopic (exact) mass is 317 g/mol. The van der Waals surface area contributed by atoms with E-state index in [0.717, 1.165) is 6.42 Å². The largest absolute Gasteiger partial charge is 0.494 e. The second kappa shape index (κ2) is 9.71. The number of nitro groups is 1. The molecule has 1 rings (SSSR count). The number of aldehydes is 1. The molecule has 0 amide bonds. The Kier molecular flexibility index (Phi) is 8.71. The maximum absolute atomic E-state index is 10.7. The highest BCUT2D eigenvalue weighted by molar-refractivity contribution is 5.85. The fraction of sp³-hybridized carbons (Fsp3) is 0.385. The van der Waals surface area contributed by atoms with Gasteiger partial charge in [-0.15, -0.1) is 12.4 Å². The second-order valence-corrected chi connectivity index (χ2v) is 4.15. The van der Waals surface area contributed by atoms with Gasteiger partial charge in [-0.1, -0.05) is 0 Å². The maximum atomic E-state index is 10.7. The average Bonchev–Trinajstić information content (AvgIpc) is 2.41. The molecule has 21 heavy (non-hydrogen) atoms. The van der Waals surface area contributed by atoms with Gasteiger partial charge >= 0.3 is 5.97 Å². The number of hydrogen-bond donors (Lipinski definition) is 1. The molecule has 116 valence electrons. The number of carbonyl (C=O) groups excluding carboxylic acids is 1. The van der Waals surface area contributed by atoms with Gasteiger partial charge in [0.2, 0.25) is 0 Å². The topological polar surface area (TPSA) is 107 Å². The van der Waals surface area contributed by atoms with E-state index in [0.29, 0.717) is 31.5 Å². The molecule has 0 bridgehead atoms. The number of carboxylic acid groups (broad SMARTS) is 1. The van der Waals surface area contributed by atoms with E-state index in [4.69, 9.17) is 9.84 Å². The van der Waals surface area contributed by atoms with E-state index in [1.165, 1.54) is 18.2 Å². The summed E-state index contributed by atoms with van der Waals surface area (Å²) in [6, 6.07) is 3.98. The number of ether oxygens (including phenoxy) is 1. The summed E-state index contributed by atoms with van der Waals surface area (Å²) in [6.45, 7) is 0.371. The van der Waals surface area contributed by atoms with Crippen molar-refractivity contribution in [1.29, 1.82) is 0 Å². The zero-order valence-corrected chi connectivity index (χ0v) is 12.0. The summed E-state index contributed by atoms with van der Waals surface area (Å²) in [5, 5.41) is 19.1. The molecule has 0 aliphatic rings. The third-order valence-electron chi connectivity index (χ3n) is 2.63. The minimum atomic E-state index is -0.822. The number of aliphatic carboxylic acids is 1. The van der Waals surface area contributed by atoms with Gasteiger partial charge in [0.1, 0.15) is 5.75 Å². The highest BCUT2D eigenvalue weighted by Gasteiger charge is 2.13. The lowest BCUT2D eigenvalue weighted by Crippen LogP contribution is -2.00. The molecule has 0 aliphatic heterocycles. The standard InChI is InChI=1S/C13H15NO6.ClH/c15-9-10-8-11(5-6-12(10)14(18)19)20-7-3-1-2-4-13(16)17;/h5-6,8-9H,1-4,7H2,(H,16,17);1H. The summed E-state index contributed by atoms with van der Waals surface area (Å²) < 4.78 is 5.36. The van der Waals surface area contributed by atoms with E-state index in [1.807, 2.05) is 0 Å². The Morgan fingerprint density at radius 3 is 2.62 bits per heavy atom. The summed E-state index contributed by atoms with van der Waals surface area (Å²) in [4.78, 5) is 31.1. The summed E-state index contributed by atoms with van der Waals surface area (Å²) in [7, 11) is 0. The van der Waals surface area contributed by atoms with Crippen LogP contribution in [0, 0.1) is 10.1 Å². The highest BCUT2D eigenvalue weighted by Crippen LogP contribution is 2.22. The smallest absolute Gasteiger partial charge is 0.303 e. The van der Waals surface area contributed by atoms with Gasteiger partial charge < -0.3 is 9.84 Å². The number of unbranched alkanes of at least 4 members (excludes halogenated alkanes) is 2. The van der Waals surface area contributed by atoms with Gasteiger partial charge in [0.15, 0.2) is 6.29 Å². The Labute approximate surface area is 127 Å². The van der Waals surface area contributed by atoms with Crippen LogP contribution >= 0.6 is 12.4 Å². The number of nitrogens with zero attached hydrogens (tertiary/aromatic N) is 1. The van der Waals surface area contributed by atoms with E-state index >= 15 is 0 Å². The van der Waals surface area contributed by atoms with Crippen molar-refractivity contribution in [2.75, 3.05) is 6.61 Å². The quantitative estimate of drug-likeness (QED) is 0.325. The van der Waals surface area contributed by atoms with Gasteiger partial charge in [0, 0.05) is 12.5 Å². The molecule has 0 unspecified atom stereocenters. The first-order chi connectivity index (χ1) is 9.54. The van der Waals surface area contributed by atoms with Crippen molar-refractivity contribution in [1.82, 2.24) is 0 Å². The van der Waals surface area contributed by atoms with E-state index < -0.39 is 10.9 Å². The van der Waals surface area contributed by atoms with Crippen LogP contribution in [0.25, 0.3) is 0 Å². The van der Waals surface area contributed by atoms with Gasteiger partial charge in [-0.2, -0.15) is 0 Å². The number of halogens is 1. The number of nitro benzene ring substituents is 1. The van der Waals surface area contributed by atoms with Crippen molar-refractivity contribution in [3.63, 3.8) is 0 Å². The summed E-state index contributed by atoms with van der Waals surface area (Å²) in [5.74, 6) is -0.437. The summed E-state index contributed by atoms with van der Waals surface area (Å²) >= 11 is 0. The van der Waals surface area contributed by atoms with E-state index in [-0.39, 0.29) is 30.1 Å². The summed E-state index contributed by atoms with van der Waals surface area (Å²) in [5.41, 5.74) is -0.285. The Hall–Kier alpha value is -2.15. The van der Waals surface area contributed by atoms with Crippen molar-refractivity contribution >= 4 is 30.3 Å². The Balaban J connectivity index is 0.00000400. The molecule has 1 aromatic rings. The third kappa shape index (κ3) is 6.71. The molecule has 0 spiro atoms. The Morgan fingerprint density at radius 2 is 2.05 bits per heavy atom. The first-order valence-corrected chi connectivity index (χ1v) is 6.13. The van der Waals surface area contributed by atoms with Gasteiger partial charge in [-0.05, 0) is 31.4 Å². The van der Waals surface area contributed by atoms with Crippen molar-refractivity contribution < 1.29 is 24.4 Å². The SMILES string of the molecule is Cl.O=Cc1cc(OCCCCCC(=O)O)ccc1[N+](=O)[O-]. The number of hydrogen-bond acceptors (Lipinski definition) is 5. The molecule has 0 atom stereocenters. The zero-order chi connectivity index (χ0) is 15.0. The van der Waals surface area contributed by atoms with Crippen LogP contribution in [0.15, 0.2) is 18.2 Å². The van der Waals surface area contributed by atoms with Crippen LogP contribution in [-0.2, 0) is 4.79 Å². The van der Waals surface area contributed by atoms with Crippen LogP contribution < -0.4 is 4.74 Å². The average molecular weight is 318 g/mol. The van der Waals surface area contributed by atoms with Crippen molar-refractivity contribution in [3.05, 3.63) is 33.9 Å². The number of carbonyl (C=O) groups is 2. The Morgan fingerprint density at radius 1 is 1.33 bits per heavy atom. The Bertz CT molecular complexity index is 505. The highest BCUT2D eigenvalue weighted by atomic mass is 35.5. The molecule has 0 saturated carbocycles. The molecule has 8 heteroatoms. The molecular formula is C13H16ClNO6. The van der Waals surface area contributed by atoms with Crippen LogP contribution in [0.2, 0.25) is 0 Å². The first kappa shape index (κ1) is 18.9. The van der Waals surface area contributed by atoms with E-state index in [2.05, 4.69) is 0 Å². The molecule has 0 heterocycles. The first-order valence-electron chi connectivity index (χ1n) is 6.13. The summed E-state index contributed by atoms with van der Waals surface area (Å²) in [6.07, 6.45) is 2.53. The lowest BCUT2D eigenvalue weighted by atomic mass is 10.2. The minimum absolute atomic E-state index is 0. The predicted molar refractivity (Wildman–Crippen MR) is 77.3 cm³/mol. The lowest BCUT2D eigenvalue weighted by Gasteiger charge is -2.06. The fourth-order valence-corrected chi connectivity index (χ4v) is 1.63. The van der Waals surface area contributed by atoms with Crippen LogP contribution in [0.1, 0.15) is 36.0 Å². The molecular weight excluding hydrogens is 302 g/mol.